The zero-order chi connectivity index (χ0) is 39.2. The van der Waals surface area contributed by atoms with Crippen molar-refractivity contribution in [2.45, 2.75) is 125 Å². The van der Waals surface area contributed by atoms with Crippen molar-refractivity contribution < 1.29 is 23.8 Å². The van der Waals surface area contributed by atoms with E-state index in [9.17, 15) is 14.3 Å². The summed E-state index contributed by atoms with van der Waals surface area (Å²) in [6.45, 7) is 24.8. The number of benzene rings is 1. The number of aromatic nitrogens is 2. The van der Waals surface area contributed by atoms with E-state index in [4.69, 9.17) is 14.6 Å². The molecular weight excluding hydrogens is 678 g/mol. The number of aliphatic carboxylic acids is 1. The second kappa shape index (κ2) is 13.5. The van der Waals surface area contributed by atoms with E-state index >= 15 is 0 Å². The minimum atomic E-state index is -0.632. The van der Waals surface area contributed by atoms with E-state index in [0.717, 1.165) is 49.8 Å². The molecule has 298 valence electrons. The van der Waals surface area contributed by atoms with Crippen LogP contribution < -0.4 is 5.32 Å². The molecule has 1 aromatic heterocycles. The maximum Gasteiger partial charge on any atom is 0.307 e. The summed E-state index contributed by atoms with van der Waals surface area (Å²) >= 11 is 0. The Morgan fingerprint density at radius 3 is 2.48 bits per heavy atom. The average Bonchev–Trinajstić information content (AvgIpc) is 3.61. The predicted octanol–water partition coefficient (Wildman–Crippen LogP) is 9.84. The minimum Gasteiger partial charge on any atom is -0.481 e. The molecule has 1 saturated heterocycles. The van der Waals surface area contributed by atoms with Crippen LogP contribution in [0.2, 0.25) is 0 Å². The van der Waals surface area contributed by atoms with Gasteiger partial charge in [-0.3, -0.25) is 9.48 Å². The summed E-state index contributed by atoms with van der Waals surface area (Å²) in [5.74, 6) is 0.335. The molecule has 8 heteroatoms. The summed E-state index contributed by atoms with van der Waals surface area (Å²) in [6, 6.07) is 8.73. The maximum absolute atomic E-state index is 14.7. The normalized spacial score (nSPS) is 40.6. The summed E-state index contributed by atoms with van der Waals surface area (Å²) in [4.78, 5) is 13.6. The van der Waals surface area contributed by atoms with Crippen LogP contribution in [0, 0.1) is 68.4 Å². The summed E-state index contributed by atoms with van der Waals surface area (Å²) in [5.41, 5.74) is 1.58. The molecule has 2 N–H and O–H groups in total. The van der Waals surface area contributed by atoms with Crippen LogP contribution in [0.4, 0.5) is 4.39 Å². The van der Waals surface area contributed by atoms with Crippen LogP contribution in [-0.2, 0) is 14.3 Å². The first kappa shape index (κ1) is 39.7. The van der Waals surface area contributed by atoms with Crippen LogP contribution >= 0.6 is 0 Å². The number of nitrogens with zero attached hydrogens (tertiary/aromatic N) is 2. The Hall–Kier alpha value is -2.55. The first-order valence-corrected chi connectivity index (χ1v) is 20.9. The Morgan fingerprint density at radius 2 is 1.83 bits per heavy atom. The predicted molar refractivity (Wildman–Crippen MR) is 212 cm³/mol. The molecule has 7 nitrogen and oxygen atoms in total. The van der Waals surface area contributed by atoms with E-state index < -0.39 is 11.9 Å². The molecule has 0 unspecified atom stereocenters. The lowest BCUT2D eigenvalue weighted by molar-refractivity contribution is -0.253. The molecule has 5 aliphatic rings. The quantitative estimate of drug-likeness (QED) is 0.236. The number of hydrogen-bond donors (Lipinski definition) is 2. The Kier molecular flexibility index (Phi) is 9.95. The second-order valence-corrected chi connectivity index (χ2v) is 20.3. The fraction of sp³-hybridized carbons (Fsp3) is 0.739. The van der Waals surface area contributed by atoms with Gasteiger partial charge in [-0.2, -0.15) is 5.10 Å². The number of hydrogen-bond acceptors (Lipinski definition) is 5. The van der Waals surface area contributed by atoms with Gasteiger partial charge in [-0.1, -0.05) is 86.1 Å². The topological polar surface area (TPSA) is 85.6 Å². The highest BCUT2D eigenvalue weighted by atomic mass is 19.1. The molecule has 2 aromatic rings. The van der Waals surface area contributed by atoms with Crippen LogP contribution in [0.1, 0.15) is 114 Å². The number of ether oxygens (including phenoxy) is 2. The molecule has 1 aliphatic heterocycles. The van der Waals surface area contributed by atoms with Gasteiger partial charge in [0.1, 0.15) is 5.82 Å². The summed E-state index contributed by atoms with van der Waals surface area (Å²) in [7, 11) is 2.02. The molecule has 4 fully saturated rings. The number of fused-ring (bicyclic) bond motifs is 3. The van der Waals surface area contributed by atoms with Gasteiger partial charge in [-0.05, 0) is 117 Å². The molecule has 0 radical (unpaired) electrons. The molecule has 54 heavy (non-hydrogen) atoms. The van der Waals surface area contributed by atoms with Gasteiger partial charge >= 0.3 is 5.97 Å². The monoisotopic (exact) mass is 746 g/mol. The molecule has 7 rings (SSSR count). The van der Waals surface area contributed by atoms with Gasteiger partial charge in [-0.15, -0.1) is 0 Å². The molecule has 2 bridgehead atoms. The Bertz CT molecular complexity index is 1770. The number of halogens is 1. The van der Waals surface area contributed by atoms with E-state index in [1.807, 2.05) is 25.4 Å². The maximum atomic E-state index is 14.7. The zero-order valence-corrected chi connectivity index (χ0v) is 35.0. The zero-order valence-electron chi connectivity index (χ0n) is 35.0. The van der Waals surface area contributed by atoms with Gasteiger partial charge in [0.05, 0.1) is 43.6 Å². The summed E-state index contributed by atoms with van der Waals surface area (Å²) < 4.78 is 31.0. The molecular formula is C46H68FN3O4. The Morgan fingerprint density at radius 1 is 1.09 bits per heavy atom. The minimum absolute atomic E-state index is 0.120. The highest BCUT2D eigenvalue weighted by Gasteiger charge is 2.72. The van der Waals surface area contributed by atoms with Crippen molar-refractivity contribution >= 4 is 5.97 Å². The van der Waals surface area contributed by atoms with Crippen molar-refractivity contribution in [3.63, 3.8) is 0 Å². The lowest BCUT2D eigenvalue weighted by Crippen LogP contribution is -2.69. The summed E-state index contributed by atoms with van der Waals surface area (Å²) in [5, 5.41) is 19.8. The van der Waals surface area contributed by atoms with E-state index in [1.54, 1.807) is 12.1 Å². The van der Waals surface area contributed by atoms with Gasteiger partial charge in [0.2, 0.25) is 0 Å². The second-order valence-electron chi connectivity index (χ2n) is 20.3. The summed E-state index contributed by atoms with van der Waals surface area (Å²) in [6.07, 6.45) is 9.79. The Balaban J connectivity index is 1.36. The van der Waals surface area contributed by atoms with Gasteiger partial charge in [0.15, 0.2) is 0 Å². The highest BCUT2D eigenvalue weighted by molar-refractivity contribution is 5.73. The Labute approximate surface area is 324 Å². The van der Waals surface area contributed by atoms with Crippen molar-refractivity contribution in [1.82, 2.24) is 15.1 Å². The van der Waals surface area contributed by atoms with Crippen LogP contribution in [0.15, 0.2) is 48.2 Å². The van der Waals surface area contributed by atoms with Crippen molar-refractivity contribution in [3.05, 3.63) is 54.0 Å². The van der Waals surface area contributed by atoms with Crippen LogP contribution in [0.5, 0.6) is 0 Å². The molecule has 1 aromatic carbocycles. The first-order chi connectivity index (χ1) is 25.3. The molecule has 0 spiro atoms. The van der Waals surface area contributed by atoms with E-state index in [-0.39, 0.29) is 56.5 Å². The molecule has 4 aliphatic carbocycles. The number of likely N-dealkylation sites (N-methyl/N-ethyl adjacent to an activating group) is 1. The van der Waals surface area contributed by atoms with Crippen LogP contribution in [-0.4, -0.2) is 59.4 Å². The SMILES string of the molecule is CN[C@@](C)(CO[C@H]1[C@H](n2nccc2-c2cccc(F)c2)C[C@@]23COC[C@]1(C)[C@@H]2CC[C@H]1C3=CC[C@@]2(C)[C@H](C(=O)O)[C@@](C)([C@H](C)C(C)C)CC[C@]12C)C(C)C. The largest absolute Gasteiger partial charge is 0.481 e. The average molecular weight is 746 g/mol. The lowest BCUT2D eigenvalue weighted by atomic mass is 9.34. The third-order valence-corrected chi connectivity index (χ3v) is 17.6. The lowest BCUT2D eigenvalue weighted by Gasteiger charge is -2.71. The highest BCUT2D eigenvalue weighted by Crippen LogP contribution is 2.75. The number of allylic oxidation sites excluding steroid dienone is 1. The fourth-order valence-electron chi connectivity index (χ4n) is 13.4. The van der Waals surface area contributed by atoms with Crippen molar-refractivity contribution in [2.24, 2.45) is 62.6 Å². The third kappa shape index (κ3) is 5.56. The molecule has 0 amide bonds. The fourth-order valence-corrected chi connectivity index (χ4v) is 13.4. The third-order valence-electron chi connectivity index (χ3n) is 17.6. The smallest absolute Gasteiger partial charge is 0.307 e. The van der Waals surface area contributed by atoms with Crippen LogP contribution in [0.3, 0.4) is 0 Å². The van der Waals surface area contributed by atoms with Crippen molar-refractivity contribution in [2.75, 3.05) is 26.9 Å². The van der Waals surface area contributed by atoms with Gasteiger partial charge in [-0.25, -0.2) is 4.39 Å². The molecule has 2 heterocycles. The van der Waals surface area contributed by atoms with Crippen molar-refractivity contribution in [3.8, 4) is 11.3 Å². The van der Waals surface area contributed by atoms with Gasteiger partial charge in [0, 0.05) is 28.1 Å². The number of nitrogens with one attached hydrogen (secondary N) is 1. The standard InChI is InChI=1S/C46H68FN3O4/c1-28(2)30(5)41(6)20-21-43(8)33-15-16-37-42(7)25-53-27-46(37,34(33)17-19-44(43,9)38(41)40(51)52)24-36(39(42)54-26-45(10,48-11)29(3)4)50-35(18-22-49-50)31-13-12-14-32(47)23-31/h12-14,17-18,22-23,28-30,33,36-39,48H,15-16,19-21,24-27H2,1-11H3,(H,51,52)/t30-,33+,36-,37+,38-,39+,41-,42-,43-,44+,45+,46+/m1/s1. The number of carbonyl (C=O) groups is 1. The van der Waals surface area contributed by atoms with E-state index in [0.29, 0.717) is 43.5 Å². The van der Waals surface area contributed by atoms with Crippen molar-refractivity contribution in [1.29, 1.82) is 0 Å². The first-order valence-electron chi connectivity index (χ1n) is 20.9. The van der Waals surface area contributed by atoms with Gasteiger partial charge in [0.25, 0.3) is 0 Å². The van der Waals surface area contributed by atoms with E-state index in [1.165, 1.54) is 11.6 Å². The van der Waals surface area contributed by atoms with E-state index in [2.05, 4.69) is 85.3 Å². The number of carboxylic acid groups (broad SMARTS) is 1. The van der Waals surface area contributed by atoms with Gasteiger partial charge < -0.3 is 19.9 Å². The molecule has 3 saturated carbocycles. The number of rotatable bonds is 10. The molecule has 12 atom stereocenters. The number of carboxylic acids is 1. The van der Waals surface area contributed by atoms with Crippen LogP contribution in [0.25, 0.3) is 11.3 Å².